The summed E-state index contributed by atoms with van der Waals surface area (Å²) >= 11 is 0. The molecule has 31 heavy (non-hydrogen) atoms. The zero-order valence-corrected chi connectivity index (χ0v) is 21.1. The highest BCUT2D eigenvalue weighted by Crippen LogP contribution is 2.51. The Labute approximate surface area is 192 Å². The molecular weight excluding hydrogens is 380 g/mol. The highest BCUT2D eigenvalue weighted by Gasteiger charge is 2.50. The van der Waals surface area contributed by atoms with Crippen molar-refractivity contribution in [3.8, 4) is 0 Å². The topological polar surface area (TPSA) is 26.3 Å². The normalized spacial score (nSPS) is 12.4. The first-order chi connectivity index (χ1) is 15.0. The summed E-state index contributed by atoms with van der Waals surface area (Å²) in [5.74, 6) is -0.179. The lowest BCUT2D eigenvalue weighted by molar-refractivity contribution is -0.181. The van der Waals surface area contributed by atoms with Crippen LogP contribution >= 0.6 is 0 Å². The highest BCUT2D eigenvalue weighted by molar-refractivity contribution is 5.87. The van der Waals surface area contributed by atoms with Gasteiger partial charge in [0.1, 0.15) is 5.60 Å². The summed E-state index contributed by atoms with van der Waals surface area (Å²) in [6.07, 6.45) is 18.1. The van der Waals surface area contributed by atoms with E-state index < -0.39 is 0 Å². The van der Waals surface area contributed by atoms with Gasteiger partial charge in [-0.1, -0.05) is 103 Å². The van der Waals surface area contributed by atoms with Gasteiger partial charge >= 0.3 is 5.97 Å². The van der Waals surface area contributed by atoms with Crippen molar-refractivity contribution in [2.75, 3.05) is 0 Å². The van der Waals surface area contributed by atoms with Gasteiger partial charge in [0.2, 0.25) is 0 Å². The van der Waals surface area contributed by atoms with Gasteiger partial charge in [0.05, 0.1) is 0 Å². The van der Waals surface area contributed by atoms with Gasteiger partial charge in [-0.25, -0.2) is 4.79 Å². The Kier molecular flexibility index (Phi) is 13.5. The molecule has 0 saturated carbocycles. The molecule has 0 aromatic heterocycles. The molecule has 0 saturated heterocycles. The number of hydrogen-bond acceptors (Lipinski definition) is 2. The average molecular weight is 429 g/mol. The molecular formula is C29H48O2. The molecule has 0 unspecified atom stereocenters. The maximum atomic E-state index is 13.2. The van der Waals surface area contributed by atoms with Crippen LogP contribution in [-0.4, -0.2) is 11.6 Å². The van der Waals surface area contributed by atoms with Crippen molar-refractivity contribution in [3.63, 3.8) is 0 Å². The molecule has 0 aliphatic carbocycles. The second-order valence-corrected chi connectivity index (χ2v) is 9.21. The molecule has 0 N–H and O–H groups in total. The van der Waals surface area contributed by atoms with Crippen molar-refractivity contribution in [3.05, 3.63) is 42.0 Å². The molecule has 0 aliphatic rings. The van der Waals surface area contributed by atoms with E-state index in [1.165, 1.54) is 25.7 Å². The molecule has 0 atom stereocenters. The van der Waals surface area contributed by atoms with Gasteiger partial charge < -0.3 is 4.74 Å². The summed E-state index contributed by atoms with van der Waals surface area (Å²) in [5.41, 5.74) is 0.737. The summed E-state index contributed by atoms with van der Waals surface area (Å²) in [6, 6.07) is 10.0. The lowest BCUT2D eigenvalue weighted by atomic mass is 9.60. The first-order valence-electron chi connectivity index (χ1n) is 13.0. The number of benzene rings is 1. The van der Waals surface area contributed by atoms with Crippen LogP contribution in [0, 0.1) is 5.41 Å². The number of rotatable bonds is 17. The lowest BCUT2D eigenvalue weighted by Gasteiger charge is -2.51. The molecule has 0 bridgehead atoms. The van der Waals surface area contributed by atoms with Crippen molar-refractivity contribution >= 4 is 12.0 Å². The summed E-state index contributed by atoms with van der Waals surface area (Å²) < 4.78 is 6.59. The van der Waals surface area contributed by atoms with Crippen LogP contribution in [0.3, 0.4) is 0 Å². The Hall–Kier alpha value is -1.57. The van der Waals surface area contributed by atoms with Crippen molar-refractivity contribution in [1.29, 1.82) is 0 Å². The molecule has 0 spiro atoms. The predicted molar refractivity (Wildman–Crippen MR) is 135 cm³/mol. The second kappa shape index (κ2) is 15.3. The largest absolute Gasteiger partial charge is 0.455 e. The van der Waals surface area contributed by atoms with Crippen LogP contribution in [0.15, 0.2) is 36.4 Å². The van der Waals surface area contributed by atoms with E-state index in [0.717, 1.165) is 63.4 Å². The Balaban J connectivity index is 3.32. The Morgan fingerprint density at radius 2 is 1.26 bits per heavy atom. The van der Waals surface area contributed by atoms with Crippen molar-refractivity contribution in [2.24, 2.45) is 5.41 Å². The van der Waals surface area contributed by atoms with Gasteiger partial charge in [-0.3, -0.25) is 0 Å². The van der Waals surface area contributed by atoms with Gasteiger partial charge in [0.25, 0.3) is 0 Å². The quantitative estimate of drug-likeness (QED) is 0.183. The maximum absolute atomic E-state index is 13.2. The molecule has 2 heteroatoms. The fourth-order valence-electron chi connectivity index (χ4n) is 5.03. The van der Waals surface area contributed by atoms with Crippen molar-refractivity contribution in [1.82, 2.24) is 0 Å². The van der Waals surface area contributed by atoms with E-state index in [0.29, 0.717) is 0 Å². The van der Waals surface area contributed by atoms with Crippen LogP contribution in [0.5, 0.6) is 0 Å². The fourth-order valence-corrected chi connectivity index (χ4v) is 5.03. The Morgan fingerprint density at radius 3 is 1.71 bits per heavy atom. The van der Waals surface area contributed by atoms with Crippen LogP contribution in [0.1, 0.15) is 124 Å². The van der Waals surface area contributed by atoms with E-state index in [2.05, 4.69) is 34.6 Å². The second-order valence-electron chi connectivity index (χ2n) is 9.21. The lowest BCUT2D eigenvalue weighted by Crippen LogP contribution is -2.51. The first-order valence-corrected chi connectivity index (χ1v) is 13.0. The third kappa shape index (κ3) is 8.47. The third-order valence-corrected chi connectivity index (χ3v) is 7.04. The van der Waals surface area contributed by atoms with E-state index >= 15 is 0 Å². The zero-order valence-electron chi connectivity index (χ0n) is 21.1. The minimum absolute atomic E-state index is 0.0691. The highest BCUT2D eigenvalue weighted by atomic mass is 16.6. The van der Waals surface area contributed by atoms with E-state index in [9.17, 15) is 4.79 Å². The van der Waals surface area contributed by atoms with Gasteiger partial charge in [-0.15, -0.1) is 0 Å². The molecule has 0 heterocycles. The van der Waals surface area contributed by atoms with E-state index in [-0.39, 0.29) is 17.0 Å². The SMILES string of the molecule is CCCCC(CC)(CCCC)C(CCCC)(CCCC)OC(=O)C=Cc1ccccc1. The summed E-state index contributed by atoms with van der Waals surface area (Å²) in [7, 11) is 0. The zero-order chi connectivity index (χ0) is 23.0. The minimum atomic E-state index is -0.365. The predicted octanol–water partition coefficient (Wildman–Crippen LogP) is 9.14. The number of esters is 1. The number of carbonyl (C=O) groups is 1. The van der Waals surface area contributed by atoms with Crippen LogP contribution in [-0.2, 0) is 9.53 Å². The van der Waals surface area contributed by atoms with Gasteiger partial charge in [0.15, 0.2) is 0 Å². The molecule has 0 radical (unpaired) electrons. The average Bonchev–Trinajstić information content (AvgIpc) is 2.80. The molecule has 176 valence electrons. The van der Waals surface area contributed by atoms with Crippen LogP contribution in [0.2, 0.25) is 0 Å². The number of unbranched alkanes of at least 4 members (excludes halogenated alkanes) is 4. The third-order valence-electron chi connectivity index (χ3n) is 7.04. The smallest absolute Gasteiger partial charge is 0.331 e. The standard InChI is InChI=1S/C29H48O2/c1-6-11-22-28(10-5,23-12-7-2)29(24-13-8-3,25-14-9-4)31-27(30)21-20-26-18-16-15-17-19-26/h15-21H,6-14,22-25H2,1-5H3. The molecule has 0 fully saturated rings. The Bertz CT molecular complexity index is 601. The van der Waals surface area contributed by atoms with E-state index in [4.69, 9.17) is 4.74 Å². The monoisotopic (exact) mass is 428 g/mol. The molecule has 1 aromatic rings. The minimum Gasteiger partial charge on any atom is -0.455 e. The van der Waals surface area contributed by atoms with Crippen LogP contribution < -0.4 is 0 Å². The number of ether oxygens (including phenoxy) is 1. The molecule has 0 amide bonds. The number of carbonyl (C=O) groups excluding carboxylic acids is 1. The van der Waals surface area contributed by atoms with E-state index in [1.807, 2.05) is 36.4 Å². The van der Waals surface area contributed by atoms with Gasteiger partial charge in [0, 0.05) is 11.5 Å². The molecule has 1 rings (SSSR count). The molecule has 2 nitrogen and oxygen atoms in total. The van der Waals surface area contributed by atoms with Crippen LogP contribution in [0.25, 0.3) is 6.08 Å². The Morgan fingerprint density at radius 1 is 0.774 bits per heavy atom. The summed E-state index contributed by atoms with van der Waals surface area (Å²) in [6.45, 7) is 11.4. The summed E-state index contributed by atoms with van der Waals surface area (Å²) in [5, 5.41) is 0. The number of hydrogen-bond donors (Lipinski definition) is 0. The van der Waals surface area contributed by atoms with Gasteiger partial charge in [-0.2, -0.15) is 0 Å². The van der Waals surface area contributed by atoms with E-state index in [1.54, 1.807) is 6.08 Å². The van der Waals surface area contributed by atoms with Crippen LogP contribution in [0.4, 0.5) is 0 Å². The van der Waals surface area contributed by atoms with Crippen molar-refractivity contribution in [2.45, 2.75) is 124 Å². The van der Waals surface area contributed by atoms with Crippen molar-refractivity contribution < 1.29 is 9.53 Å². The maximum Gasteiger partial charge on any atom is 0.331 e. The molecule has 1 aromatic carbocycles. The van der Waals surface area contributed by atoms with Gasteiger partial charge in [-0.05, 0) is 56.6 Å². The fraction of sp³-hybridized carbons (Fsp3) is 0.690. The molecule has 0 aliphatic heterocycles. The first kappa shape index (κ1) is 27.5. The summed E-state index contributed by atoms with van der Waals surface area (Å²) in [4.78, 5) is 13.2.